The van der Waals surface area contributed by atoms with Crippen LogP contribution in [0.1, 0.15) is 11.1 Å². The van der Waals surface area contributed by atoms with Gasteiger partial charge in [0.15, 0.2) is 0 Å². The summed E-state index contributed by atoms with van der Waals surface area (Å²) in [5.41, 5.74) is 22.8. The van der Waals surface area contributed by atoms with Gasteiger partial charge in [-0.25, -0.2) is 8.78 Å². The summed E-state index contributed by atoms with van der Waals surface area (Å²) in [5.74, 6) is -0.594. The maximum Gasteiger partial charge on any atom is 0.123 e. The van der Waals surface area contributed by atoms with Crippen LogP contribution in [0.4, 0.5) is 42.9 Å². The largest absolute Gasteiger partial charge is 0.310 e. The van der Waals surface area contributed by atoms with Crippen molar-refractivity contribution in [3.63, 3.8) is 0 Å². The third-order valence-corrected chi connectivity index (χ3v) is 18.2. The van der Waals surface area contributed by atoms with Crippen molar-refractivity contribution in [3.05, 3.63) is 338 Å². The average molecular weight is 1190 g/mol. The number of benzene rings is 13. The second-order valence-electron chi connectivity index (χ2n) is 23.9. The van der Waals surface area contributed by atoms with E-state index in [4.69, 9.17) is 0 Å². The zero-order valence-electron chi connectivity index (χ0n) is 50.5. The number of nitrogens with zero attached hydrogens (tertiary/aromatic N) is 6. The van der Waals surface area contributed by atoms with Gasteiger partial charge < -0.3 is 28.1 Å². The van der Waals surface area contributed by atoms with E-state index in [-0.39, 0.29) is 11.6 Å². The Labute approximate surface area is 530 Å². The first kappa shape index (κ1) is 54.2. The first-order chi connectivity index (χ1) is 45.2. The Morgan fingerprint density at radius 1 is 0.239 bits per heavy atom. The lowest BCUT2D eigenvalue weighted by molar-refractivity contribution is 0.627. The van der Waals surface area contributed by atoms with Crippen LogP contribution in [0.5, 0.6) is 0 Å². The molecule has 4 aromatic heterocycles. The van der Waals surface area contributed by atoms with Gasteiger partial charge in [0, 0.05) is 89.2 Å². The summed E-state index contributed by atoms with van der Waals surface area (Å²) in [5, 5.41) is 6.70. The summed E-state index contributed by atoms with van der Waals surface area (Å²) < 4.78 is 38.9. The highest BCUT2D eigenvalue weighted by Crippen LogP contribution is 2.45. The van der Waals surface area contributed by atoms with Crippen LogP contribution in [0.15, 0.2) is 315 Å². The number of para-hydroxylation sites is 4. The lowest BCUT2D eigenvalue weighted by Gasteiger charge is -2.26. The fourth-order valence-corrected chi connectivity index (χ4v) is 13.8. The Balaban J connectivity index is 0.795. The first-order valence-corrected chi connectivity index (χ1v) is 31.1. The number of fused-ring (bicyclic) bond motifs is 8. The fraction of sp³-hybridized carbons (Fsp3) is 0.0238. The summed E-state index contributed by atoms with van der Waals surface area (Å²) >= 11 is 0. The minimum atomic E-state index is -0.297. The number of hydrogen-bond donors (Lipinski definition) is 0. The molecule has 0 spiro atoms. The molecule has 4 heterocycles. The summed E-state index contributed by atoms with van der Waals surface area (Å²) in [6, 6.07) is 109. The monoisotopic (exact) mass is 1190 g/mol. The van der Waals surface area contributed by atoms with E-state index in [2.05, 4.69) is 309 Å². The highest BCUT2D eigenvalue weighted by Gasteiger charge is 2.23. The second kappa shape index (κ2) is 21.9. The predicted molar refractivity (Wildman–Crippen MR) is 378 cm³/mol. The minimum absolute atomic E-state index is 0.297. The molecule has 92 heavy (non-hydrogen) atoms. The lowest BCUT2D eigenvalue weighted by Crippen LogP contribution is -2.10. The molecule has 13 aromatic carbocycles. The third kappa shape index (κ3) is 9.22. The van der Waals surface area contributed by atoms with Crippen molar-refractivity contribution in [2.45, 2.75) is 13.8 Å². The van der Waals surface area contributed by atoms with Crippen LogP contribution in [0.2, 0.25) is 0 Å². The van der Waals surface area contributed by atoms with Gasteiger partial charge in [-0.05, 0) is 243 Å². The summed E-state index contributed by atoms with van der Waals surface area (Å²) in [4.78, 5) is 4.65. The average Bonchev–Trinajstić information content (AvgIpc) is 1.73. The quantitative estimate of drug-likeness (QED) is 0.122. The molecule has 0 radical (unpaired) electrons. The Hall–Kier alpha value is -12.0. The molecular formula is C84H58F2N6. The molecule has 0 atom stereocenters. The highest BCUT2D eigenvalue weighted by molar-refractivity contribution is 6.12. The van der Waals surface area contributed by atoms with Gasteiger partial charge in [0.05, 0.1) is 44.5 Å². The standard InChI is InChI=1S/C84H58F2N6/c1-55-21-33-65(34-22-55)87(71-45-47-79-75(53-71)73-17-9-11-19-77(73)89(79)63-13-5-3-6-14-63)67-37-41-69(42-38-67)91-81(57-25-29-61(85)30-26-57)49-59-52-84-60(51-83(59)91)50-82(58-27-31-62(86)32-28-58)92(84)70-43-39-68(40-44-70)88(66-35-23-56(2)24-36-66)72-46-48-80-76(54-72)74-18-10-12-20-78(74)90(80)64-15-7-4-8-16-64/h3-54H,1-2H3. The van der Waals surface area contributed by atoms with Crippen molar-refractivity contribution in [1.82, 2.24) is 18.3 Å². The van der Waals surface area contributed by atoms with E-state index in [1.807, 2.05) is 24.3 Å². The van der Waals surface area contributed by atoms with Gasteiger partial charge in [-0.2, -0.15) is 0 Å². The van der Waals surface area contributed by atoms with Gasteiger partial charge in [-0.1, -0.05) is 108 Å². The molecule has 0 saturated heterocycles. The van der Waals surface area contributed by atoms with Crippen LogP contribution in [0.25, 0.3) is 111 Å². The number of anilines is 6. The van der Waals surface area contributed by atoms with E-state index >= 15 is 0 Å². The molecule has 0 amide bonds. The third-order valence-electron chi connectivity index (χ3n) is 18.2. The zero-order chi connectivity index (χ0) is 61.6. The van der Waals surface area contributed by atoms with Crippen molar-refractivity contribution in [3.8, 4) is 45.3 Å². The van der Waals surface area contributed by atoms with Gasteiger partial charge in [-0.15, -0.1) is 0 Å². The minimum Gasteiger partial charge on any atom is -0.310 e. The SMILES string of the molecule is Cc1ccc(N(c2ccc(-n3c(-c4ccc(F)cc4)cc4cc5c(cc(-c6ccc(F)cc6)n5-c5ccc(N(c6ccc(C)cc6)c6ccc7c(c6)c6ccccc6n7-c6ccccc6)cc5)cc43)cc2)c2ccc3c(c2)c2ccccc2n3-c2ccccc2)cc1. The molecule has 8 heteroatoms. The number of aryl methyl sites for hydroxylation is 2. The van der Waals surface area contributed by atoms with Gasteiger partial charge in [0.2, 0.25) is 0 Å². The lowest BCUT2D eigenvalue weighted by atomic mass is 10.1. The van der Waals surface area contributed by atoms with E-state index < -0.39 is 0 Å². The molecule has 0 aliphatic carbocycles. The van der Waals surface area contributed by atoms with Gasteiger partial charge in [-0.3, -0.25) is 0 Å². The van der Waals surface area contributed by atoms with Crippen molar-refractivity contribution < 1.29 is 8.78 Å². The Morgan fingerprint density at radius 2 is 0.554 bits per heavy atom. The molecular weight excluding hydrogens is 1130 g/mol. The predicted octanol–water partition coefficient (Wildman–Crippen LogP) is 22.9. The van der Waals surface area contributed by atoms with Gasteiger partial charge in [0.25, 0.3) is 0 Å². The summed E-state index contributed by atoms with van der Waals surface area (Å²) in [6.45, 7) is 4.24. The smallest absolute Gasteiger partial charge is 0.123 e. The zero-order valence-corrected chi connectivity index (χ0v) is 50.5. The molecule has 0 N–H and O–H groups in total. The van der Waals surface area contributed by atoms with Crippen LogP contribution >= 0.6 is 0 Å². The van der Waals surface area contributed by atoms with Gasteiger partial charge >= 0.3 is 0 Å². The van der Waals surface area contributed by atoms with Crippen LogP contribution in [-0.2, 0) is 0 Å². The van der Waals surface area contributed by atoms with Crippen LogP contribution in [0, 0.1) is 25.5 Å². The molecule has 438 valence electrons. The second-order valence-corrected chi connectivity index (χ2v) is 23.9. The topological polar surface area (TPSA) is 26.2 Å². The maximum absolute atomic E-state index is 14.8. The molecule has 0 aliphatic rings. The Bertz CT molecular complexity index is 5280. The van der Waals surface area contributed by atoms with E-state index in [0.29, 0.717) is 0 Å². The van der Waals surface area contributed by atoms with E-state index in [0.717, 1.165) is 134 Å². The molecule has 17 rings (SSSR count). The molecule has 0 bridgehead atoms. The molecule has 0 fully saturated rings. The molecule has 0 aliphatic heterocycles. The number of hydrogen-bond acceptors (Lipinski definition) is 2. The van der Waals surface area contributed by atoms with Crippen molar-refractivity contribution in [2.24, 2.45) is 0 Å². The number of halogens is 2. The molecule has 6 nitrogen and oxygen atoms in total. The summed E-state index contributed by atoms with van der Waals surface area (Å²) in [7, 11) is 0. The number of aromatic nitrogens is 4. The normalized spacial score (nSPS) is 11.7. The van der Waals surface area contributed by atoms with E-state index in [9.17, 15) is 8.78 Å². The van der Waals surface area contributed by atoms with Gasteiger partial charge in [0.1, 0.15) is 11.6 Å². The van der Waals surface area contributed by atoms with Crippen LogP contribution in [0.3, 0.4) is 0 Å². The molecule has 0 saturated carbocycles. The Morgan fingerprint density at radius 3 is 0.935 bits per heavy atom. The molecule has 17 aromatic rings. The van der Waals surface area contributed by atoms with E-state index in [1.54, 1.807) is 0 Å². The summed E-state index contributed by atoms with van der Waals surface area (Å²) in [6.07, 6.45) is 0. The number of rotatable bonds is 12. The van der Waals surface area contributed by atoms with Crippen molar-refractivity contribution >= 4 is 99.5 Å². The van der Waals surface area contributed by atoms with Crippen LogP contribution in [-0.4, -0.2) is 18.3 Å². The van der Waals surface area contributed by atoms with E-state index in [1.165, 1.54) is 46.2 Å². The van der Waals surface area contributed by atoms with Crippen molar-refractivity contribution in [2.75, 3.05) is 9.80 Å². The van der Waals surface area contributed by atoms with Crippen molar-refractivity contribution in [1.29, 1.82) is 0 Å². The highest BCUT2D eigenvalue weighted by atomic mass is 19.1. The van der Waals surface area contributed by atoms with Crippen LogP contribution < -0.4 is 9.80 Å². The Kier molecular flexibility index (Phi) is 12.9. The molecule has 0 unspecified atom stereocenters. The fourth-order valence-electron chi connectivity index (χ4n) is 13.8. The maximum atomic E-state index is 14.8. The first-order valence-electron chi connectivity index (χ1n) is 31.1.